The Labute approximate surface area is 157 Å². The SMILES string of the molecule is COCCOc1ccccc1C(=O)NCCNC(=O)c1ccc(Cl)cc1. The van der Waals surface area contributed by atoms with Gasteiger partial charge in [0.05, 0.1) is 12.2 Å². The highest BCUT2D eigenvalue weighted by molar-refractivity contribution is 6.30. The van der Waals surface area contributed by atoms with Gasteiger partial charge in [-0.05, 0) is 36.4 Å². The Hall–Kier alpha value is -2.57. The number of carbonyl (C=O) groups is 2. The molecule has 0 aliphatic rings. The van der Waals surface area contributed by atoms with Crippen LogP contribution < -0.4 is 15.4 Å². The quantitative estimate of drug-likeness (QED) is 0.659. The number of methoxy groups -OCH3 is 1. The molecule has 2 aromatic rings. The smallest absolute Gasteiger partial charge is 0.255 e. The van der Waals surface area contributed by atoms with E-state index < -0.39 is 0 Å². The average Bonchev–Trinajstić information content (AvgIpc) is 2.66. The normalized spacial score (nSPS) is 10.2. The first-order valence-corrected chi connectivity index (χ1v) is 8.52. The van der Waals surface area contributed by atoms with Crippen LogP contribution >= 0.6 is 11.6 Å². The average molecular weight is 377 g/mol. The predicted octanol–water partition coefficient (Wildman–Crippen LogP) is 2.53. The number of nitrogens with one attached hydrogen (secondary N) is 2. The lowest BCUT2D eigenvalue weighted by Crippen LogP contribution is -2.34. The van der Waals surface area contributed by atoms with Crippen molar-refractivity contribution in [2.24, 2.45) is 0 Å². The molecule has 0 aromatic heterocycles. The van der Waals surface area contributed by atoms with Gasteiger partial charge in [0, 0.05) is 30.8 Å². The number of ether oxygens (including phenoxy) is 2. The number of hydrogen-bond acceptors (Lipinski definition) is 4. The fourth-order valence-electron chi connectivity index (χ4n) is 2.17. The molecule has 2 aromatic carbocycles. The van der Waals surface area contributed by atoms with Gasteiger partial charge >= 0.3 is 0 Å². The maximum atomic E-state index is 12.3. The van der Waals surface area contributed by atoms with Gasteiger partial charge < -0.3 is 20.1 Å². The Kier molecular flexibility index (Phi) is 7.92. The van der Waals surface area contributed by atoms with Crippen molar-refractivity contribution in [3.63, 3.8) is 0 Å². The standard InChI is InChI=1S/C19H21ClN2O4/c1-25-12-13-26-17-5-3-2-4-16(17)19(24)22-11-10-21-18(23)14-6-8-15(20)9-7-14/h2-9H,10-13H2,1H3,(H,21,23)(H,22,24). The first kappa shape index (κ1) is 19.8. The third kappa shape index (κ3) is 6.06. The highest BCUT2D eigenvalue weighted by atomic mass is 35.5. The van der Waals surface area contributed by atoms with Gasteiger partial charge in [-0.3, -0.25) is 9.59 Å². The van der Waals surface area contributed by atoms with Crippen molar-refractivity contribution >= 4 is 23.4 Å². The maximum absolute atomic E-state index is 12.3. The van der Waals surface area contributed by atoms with E-state index in [1.807, 2.05) is 0 Å². The third-order valence-corrected chi connectivity index (χ3v) is 3.73. The van der Waals surface area contributed by atoms with Crippen molar-refractivity contribution in [1.29, 1.82) is 0 Å². The van der Waals surface area contributed by atoms with E-state index in [9.17, 15) is 9.59 Å². The summed E-state index contributed by atoms with van der Waals surface area (Å²) in [6.45, 7) is 1.40. The molecule has 0 heterocycles. The van der Waals surface area contributed by atoms with Crippen molar-refractivity contribution in [3.05, 3.63) is 64.7 Å². The van der Waals surface area contributed by atoms with Gasteiger partial charge in [-0.2, -0.15) is 0 Å². The molecule has 0 aliphatic carbocycles. The van der Waals surface area contributed by atoms with Gasteiger partial charge in [-0.25, -0.2) is 0 Å². The van der Waals surface area contributed by atoms with E-state index in [2.05, 4.69) is 10.6 Å². The first-order chi connectivity index (χ1) is 12.6. The van der Waals surface area contributed by atoms with Crippen molar-refractivity contribution in [2.45, 2.75) is 0 Å². The molecular formula is C19H21ClN2O4. The Balaban J connectivity index is 1.80. The van der Waals surface area contributed by atoms with E-state index in [0.717, 1.165) is 0 Å². The molecule has 0 saturated heterocycles. The van der Waals surface area contributed by atoms with Crippen LogP contribution in [-0.4, -0.2) is 45.2 Å². The zero-order valence-electron chi connectivity index (χ0n) is 14.5. The van der Waals surface area contributed by atoms with Crippen LogP contribution in [0.1, 0.15) is 20.7 Å². The number of para-hydroxylation sites is 1. The minimum Gasteiger partial charge on any atom is -0.490 e. The number of hydrogen-bond donors (Lipinski definition) is 2. The Morgan fingerprint density at radius 2 is 1.58 bits per heavy atom. The molecule has 0 fully saturated rings. The number of carbonyl (C=O) groups excluding carboxylic acids is 2. The zero-order valence-corrected chi connectivity index (χ0v) is 15.2. The molecular weight excluding hydrogens is 356 g/mol. The molecule has 2 rings (SSSR count). The third-order valence-electron chi connectivity index (χ3n) is 3.48. The fourth-order valence-corrected chi connectivity index (χ4v) is 2.29. The summed E-state index contributed by atoms with van der Waals surface area (Å²) in [6.07, 6.45) is 0. The van der Waals surface area contributed by atoms with Crippen LogP contribution in [0.15, 0.2) is 48.5 Å². The van der Waals surface area contributed by atoms with Crippen molar-refractivity contribution in [3.8, 4) is 5.75 Å². The summed E-state index contributed by atoms with van der Waals surface area (Å²) >= 11 is 5.79. The van der Waals surface area contributed by atoms with E-state index in [1.54, 1.807) is 55.6 Å². The minimum atomic E-state index is -0.265. The molecule has 0 bridgehead atoms. The highest BCUT2D eigenvalue weighted by Crippen LogP contribution is 2.17. The molecule has 0 unspecified atom stereocenters. The van der Waals surface area contributed by atoms with Gasteiger partial charge in [0.25, 0.3) is 11.8 Å². The largest absolute Gasteiger partial charge is 0.490 e. The predicted molar refractivity (Wildman–Crippen MR) is 99.9 cm³/mol. The minimum absolute atomic E-state index is 0.223. The van der Waals surface area contributed by atoms with Gasteiger partial charge in [0.1, 0.15) is 12.4 Å². The van der Waals surface area contributed by atoms with Crippen LogP contribution in [0.4, 0.5) is 0 Å². The Morgan fingerprint density at radius 1 is 0.923 bits per heavy atom. The lowest BCUT2D eigenvalue weighted by molar-refractivity contribution is 0.0923. The lowest BCUT2D eigenvalue weighted by atomic mass is 10.2. The summed E-state index contributed by atoms with van der Waals surface area (Å²) in [6, 6.07) is 13.6. The van der Waals surface area contributed by atoms with Crippen LogP contribution in [0.3, 0.4) is 0 Å². The molecule has 2 amide bonds. The molecule has 26 heavy (non-hydrogen) atoms. The molecule has 0 saturated carbocycles. The van der Waals surface area contributed by atoms with Crippen LogP contribution in [0, 0.1) is 0 Å². The summed E-state index contributed by atoms with van der Waals surface area (Å²) in [7, 11) is 1.58. The summed E-state index contributed by atoms with van der Waals surface area (Å²) in [4.78, 5) is 24.3. The molecule has 0 radical (unpaired) electrons. The maximum Gasteiger partial charge on any atom is 0.255 e. The van der Waals surface area contributed by atoms with E-state index in [-0.39, 0.29) is 11.8 Å². The van der Waals surface area contributed by atoms with E-state index in [0.29, 0.717) is 48.2 Å². The van der Waals surface area contributed by atoms with Crippen molar-refractivity contribution < 1.29 is 19.1 Å². The lowest BCUT2D eigenvalue weighted by Gasteiger charge is -2.12. The Bertz CT molecular complexity index is 735. The second-order valence-corrected chi connectivity index (χ2v) is 5.79. The molecule has 2 N–H and O–H groups in total. The van der Waals surface area contributed by atoms with Crippen LogP contribution in [0.25, 0.3) is 0 Å². The number of halogens is 1. The molecule has 0 aliphatic heterocycles. The monoisotopic (exact) mass is 376 g/mol. The number of benzene rings is 2. The van der Waals surface area contributed by atoms with Gasteiger partial charge in [-0.15, -0.1) is 0 Å². The van der Waals surface area contributed by atoms with Crippen LogP contribution in [0.2, 0.25) is 5.02 Å². The summed E-state index contributed by atoms with van der Waals surface area (Å²) < 4.78 is 10.5. The summed E-state index contributed by atoms with van der Waals surface area (Å²) in [5, 5.41) is 6.07. The second-order valence-electron chi connectivity index (χ2n) is 5.36. The molecule has 0 atom stereocenters. The topological polar surface area (TPSA) is 76.7 Å². The molecule has 138 valence electrons. The number of amides is 2. The summed E-state index contributed by atoms with van der Waals surface area (Å²) in [5.41, 5.74) is 0.949. The Morgan fingerprint density at radius 3 is 2.27 bits per heavy atom. The second kappa shape index (κ2) is 10.4. The van der Waals surface area contributed by atoms with Crippen molar-refractivity contribution in [1.82, 2.24) is 10.6 Å². The van der Waals surface area contributed by atoms with Crippen LogP contribution in [-0.2, 0) is 4.74 Å². The van der Waals surface area contributed by atoms with E-state index in [1.165, 1.54) is 0 Å². The van der Waals surface area contributed by atoms with E-state index in [4.69, 9.17) is 21.1 Å². The fraction of sp³-hybridized carbons (Fsp3) is 0.263. The molecule has 7 heteroatoms. The van der Waals surface area contributed by atoms with Crippen LogP contribution in [0.5, 0.6) is 5.75 Å². The first-order valence-electron chi connectivity index (χ1n) is 8.14. The molecule has 0 spiro atoms. The molecule has 6 nitrogen and oxygen atoms in total. The zero-order chi connectivity index (χ0) is 18.8. The van der Waals surface area contributed by atoms with Gasteiger partial charge in [-0.1, -0.05) is 23.7 Å². The van der Waals surface area contributed by atoms with E-state index >= 15 is 0 Å². The number of rotatable bonds is 9. The highest BCUT2D eigenvalue weighted by Gasteiger charge is 2.12. The van der Waals surface area contributed by atoms with Crippen molar-refractivity contribution in [2.75, 3.05) is 33.4 Å². The summed E-state index contributed by atoms with van der Waals surface area (Å²) in [5.74, 6) is 0.00484. The van der Waals surface area contributed by atoms with Gasteiger partial charge in [0.2, 0.25) is 0 Å². The van der Waals surface area contributed by atoms with Gasteiger partial charge in [0.15, 0.2) is 0 Å².